The summed E-state index contributed by atoms with van der Waals surface area (Å²) in [4.78, 5) is 0. The molecule has 3 heteroatoms. The summed E-state index contributed by atoms with van der Waals surface area (Å²) in [6, 6.07) is 4.43. The number of fused-ring (bicyclic) bond motifs is 1. The van der Waals surface area contributed by atoms with Crippen LogP contribution in [-0.4, -0.2) is 29.0 Å². The molecule has 1 aromatic carbocycles. The minimum absolute atomic E-state index is 0.0722. The summed E-state index contributed by atoms with van der Waals surface area (Å²) in [6.45, 7) is 14.3. The lowest BCUT2D eigenvalue weighted by molar-refractivity contribution is 0.0515. The molecule has 1 aromatic rings. The van der Waals surface area contributed by atoms with Crippen LogP contribution in [-0.2, 0) is 6.42 Å². The van der Waals surface area contributed by atoms with Crippen molar-refractivity contribution in [3.63, 3.8) is 0 Å². The van der Waals surface area contributed by atoms with E-state index < -0.39 is 0 Å². The molecule has 0 aliphatic carbocycles. The molecule has 3 unspecified atom stereocenters. The van der Waals surface area contributed by atoms with E-state index >= 15 is 0 Å². The van der Waals surface area contributed by atoms with E-state index in [-0.39, 0.29) is 24.7 Å². The van der Waals surface area contributed by atoms with Gasteiger partial charge in [0.05, 0.1) is 0 Å². The molecule has 0 bridgehead atoms. The van der Waals surface area contributed by atoms with E-state index in [1.54, 1.807) is 0 Å². The minimum Gasteiger partial charge on any atom is -0.487 e. The number of rotatable bonds is 17. The molecule has 202 valence electrons. The van der Waals surface area contributed by atoms with Gasteiger partial charge in [-0.25, -0.2) is 0 Å². The summed E-state index contributed by atoms with van der Waals surface area (Å²) in [5.74, 6) is 3.69. The summed E-state index contributed by atoms with van der Waals surface area (Å²) in [5, 5.41) is 19.0. The lowest BCUT2D eigenvalue weighted by atomic mass is 9.84. The topological polar surface area (TPSA) is 49.7 Å². The predicted molar refractivity (Wildman–Crippen MR) is 149 cm³/mol. The summed E-state index contributed by atoms with van der Waals surface area (Å²) in [7, 11) is 0. The van der Waals surface area contributed by atoms with Gasteiger partial charge >= 0.3 is 0 Å². The fourth-order valence-corrected chi connectivity index (χ4v) is 5.82. The molecule has 0 saturated heterocycles. The van der Waals surface area contributed by atoms with Crippen molar-refractivity contribution in [3.05, 3.63) is 28.8 Å². The Morgan fingerprint density at radius 1 is 0.857 bits per heavy atom. The van der Waals surface area contributed by atoms with Crippen molar-refractivity contribution in [3.8, 4) is 5.75 Å². The Hall–Kier alpha value is -1.06. The van der Waals surface area contributed by atoms with Crippen LogP contribution in [0.25, 0.3) is 0 Å². The Morgan fingerprint density at radius 2 is 1.49 bits per heavy atom. The predicted octanol–water partition coefficient (Wildman–Crippen LogP) is 8.37. The number of aryl methyl sites for hydroxylation is 2. The smallest absolute Gasteiger partial charge is 0.126 e. The van der Waals surface area contributed by atoms with E-state index in [9.17, 15) is 10.2 Å². The van der Waals surface area contributed by atoms with E-state index in [0.717, 1.165) is 55.6 Å². The van der Waals surface area contributed by atoms with Crippen molar-refractivity contribution in [2.24, 2.45) is 17.8 Å². The highest BCUT2D eigenvalue weighted by Gasteiger charge is 2.32. The van der Waals surface area contributed by atoms with Crippen molar-refractivity contribution in [1.29, 1.82) is 0 Å². The molecule has 2 rings (SSSR count). The minimum atomic E-state index is -0.0722. The van der Waals surface area contributed by atoms with E-state index in [0.29, 0.717) is 0 Å². The third-order valence-electron chi connectivity index (χ3n) is 8.32. The maximum Gasteiger partial charge on any atom is 0.126 e. The molecule has 0 aromatic heterocycles. The second-order valence-electron chi connectivity index (χ2n) is 12.5. The lowest BCUT2D eigenvalue weighted by Crippen LogP contribution is -2.36. The maximum atomic E-state index is 9.85. The number of aliphatic hydroxyl groups excluding tert-OH is 2. The van der Waals surface area contributed by atoms with Gasteiger partial charge < -0.3 is 14.9 Å². The Labute approximate surface area is 217 Å². The van der Waals surface area contributed by atoms with E-state index in [4.69, 9.17) is 4.74 Å². The highest BCUT2D eigenvalue weighted by Crippen LogP contribution is 2.40. The van der Waals surface area contributed by atoms with Crippen molar-refractivity contribution >= 4 is 0 Å². The van der Waals surface area contributed by atoms with Crippen molar-refractivity contribution in [2.75, 3.05) is 13.2 Å². The lowest BCUT2D eigenvalue weighted by Gasteiger charge is -2.37. The number of hydrogen-bond donors (Lipinski definition) is 2. The van der Waals surface area contributed by atoms with Crippen molar-refractivity contribution < 1.29 is 14.9 Å². The Balaban J connectivity index is 1.77. The van der Waals surface area contributed by atoms with Crippen LogP contribution in [0.5, 0.6) is 5.75 Å². The number of hydrogen-bond acceptors (Lipinski definition) is 3. The van der Waals surface area contributed by atoms with Crippen LogP contribution in [0.1, 0.15) is 134 Å². The molecule has 1 heterocycles. The monoisotopic (exact) mass is 488 g/mol. The van der Waals surface area contributed by atoms with Gasteiger partial charge in [-0.2, -0.15) is 0 Å². The molecular weight excluding hydrogens is 432 g/mol. The molecule has 4 atom stereocenters. The quantitative estimate of drug-likeness (QED) is 0.231. The van der Waals surface area contributed by atoms with Crippen LogP contribution in [0.15, 0.2) is 12.1 Å². The highest BCUT2D eigenvalue weighted by molar-refractivity contribution is 5.47. The Kier molecular flexibility index (Phi) is 13.1. The molecule has 0 saturated carbocycles. The molecule has 0 amide bonds. The highest BCUT2D eigenvalue weighted by atomic mass is 16.5. The fourth-order valence-electron chi connectivity index (χ4n) is 5.82. The Bertz CT molecular complexity index is 728. The second-order valence-corrected chi connectivity index (χ2v) is 12.5. The molecule has 0 radical (unpaired) electrons. The number of ether oxygens (including phenoxy) is 1. The number of benzene rings is 1. The molecule has 3 nitrogen and oxygen atoms in total. The van der Waals surface area contributed by atoms with Gasteiger partial charge in [-0.05, 0) is 86.8 Å². The molecule has 2 N–H and O–H groups in total. The standard InChI is InChI=1S/C32H56O3/c1-24(2)11-7-12-25(3)13-8-14-26(4)15-9-18-32(6)19-17-28-22-30(21-27(5)31(28)35-32)29(23-34)16-10-20-33/h21-22,24-26,29,33-34H,7-20,23H2,1-6H3/t25?,26?,29?,32-/m1/s1. The van der Waals surface area contributed by atoms with Gasteiger partial charge in [0.1, 0.15) is 11.4 Å². The first-order chi connectivity index (χ1) is 16.7. The number of aliphatic hydroxyl groups is 2. The van der Waals surface area contributed by atoms with Gasteiger partial charge in [0, 0.05) is 19.1 Å². The van der Waals surface area contributed by atoms with Crippen LogP contribution < -0.4 is 4.74 Å². The largest absolute Gasteiger partial charge is 0.487 e. The van der Waals surface area contributed by atoms with Gasteiger partial charge in [0.15, 0.2) is 0 Å². The summed E-state index contributed by atoms with van der Waals surface area (Å²) < 4.78 is 6.65. The van der Waals surface area contributed by atoms with Gasteiger partial charge in [-0.1, -0.05) is 84.8 Å². The molecule has 35 heavy (non-hydrogen) atoms. The van der Waals surface area contributed by atoms with Crippen LogP contribution >= 0.6 is 0 Å². The van der Waals surface area contributed by atoms with Crippen molar-refractivity contribution in [1.82, 2.24) is 0 Å². The molecular formula is C32H56O3. The average molecular weight is 489 g/mol. The third kappa shape index (κ3) is 10.4. The van der Waals surface area contributed by atoms with E-state index in [1.807, 2.05) is 0 Å². The van der Waals surface area contributed by atoms with Gasteiger partial charge in [0.25, 0.3) is 0 Å². The van der Waals surface area contributed by atoms with Crippen molar-refractivity contribution in [2.45, 2.75) is 137 Å². The first kappa shape index (κ1) is 30.2. The van der Waals surface area contributed by atoms with Crippen LogP contribution in [0.3, 0.4) is 0 Å². The van der Waals surface area contributed by atoms with Gasteiger partial charge in [-0.15, -0.1) is 0 Å². The summed E-state index contributed by atoms with van der Waals surface area (Å²) in [6.07, 6.45) is 15.6. The SMILES string of the molecule is Cc1cc(C(CO)CCCO)cc2c1O[C@](C)(CCCC(C)CCCC(C)CCCC(C)C)CC2. The third-order valence-corrected chi connectivity index (χ3v) is 8.32. The van der Waals surface area contributed by atoms with Crippen LogP contribution in [0.2, 0.25) is 0 Å². The first-order valence-corrected chi connectivity index (χ1v) is 14.7. The summed E-state index contributed by atoms with van der Waals surface area (Å²) in [5.41, 5.74) is 3.59. The molecule has 1 aliphatic rings. The van der Waals surface area contributed by atoms with Gasteiger partial charge in [-0.3, -0.25) is 0 Å². The van der Waals surface area contributed by atoms with E-state index in [2.05, 4.69) is 53.7 Å². The zero-order valence-corrected chi connectivity index (χ0v) is 23.9. The first-order valence-electron chi connectivity index (χ1n) is 14.7. The fraction of sp³-hybridized carbons (Fsp3) is 0.812. The average Bonchev–Trinajstić information content (AvgIpc) is 2.80. The van der Waals surface area contributed by atoms with E-state index in [1.165, 1.54) is 68.1 Å². The zero-order valence-electron chi connectivity index (χ0n) is 23.9. The summed E-state index contributed by atoms with van der Waals surface area (Å²) >= 11 is 0. The normalized spacial score (nSPS) is 20.4. The molecule has 0 fully saturated rings. The van der Waals surface area contributed by atoms with Crippen LogP contribution in [0, 0.1) is 24.7 Å². The van der Waals surface area contributed by atoms with Crippen LogP contribution in [0.4, 0.5) is 0 Å². The zero-order chi connectivity index (χ0) is 25.8. The second kappa shape index (κ2) is 15.3. The Morgan fingerprint density at radius 3 is 2.09 bits per heavy atom. The van der Waals surface area contributed by atoms with Gasteiger partial charge in [0.2, 0.25) is 0 Å². The molecule has 1 aliphatic heterocycles. The molecule has 0 spiro atoms. The maximum absolute atomic E-state index is 9.85.